The number of hydrogen-bond acceptors (Lipinski definition) is 4. The van der Waals surface area contributed by atoms with Gasteiger partial charge >= 0.3 is 6.01 Å². The van der Waals surface area contributed by atoms with E-state index >= 15 is 0 Å². The maximum atomic E-state index is 4.91. The minimum Gasteiger partial charge on any atom is -0.467 e. The van der Waals surface area contributed by atoms with Crippen LogP contribution in [0.5, 0.6) is 6.01 Å². The van der Waals surface area contributed by atoms with Crippen molar-refractivity contribution in [2.24, 2.45) is 0 Å². The third-order valence-corrected chi connectivity index (χ3v) is 1.76. The standard InChI is InChI=1S/C11H15N3O/c1-9-10(6-5-7-14(2)3)8-12-11(13-9)15-4/h8H,7H2,1-4H3. The molecule has 0 aliphatic carbocycles. The van der Waals surface area contributed by atoms with Crippen LogP contribution in [0.2, 0.25) is 0 Å². The Morgan fingerprint density at radius 1 is 1.47 bits per heavy atom. The van der Waals surface area contributed by atoms with Gasteiger partial charge in [-0.05, 0) is 21.0 Å². The van der Waals surface area contributed by atoms with Crippen molar-refractivity contribution in [1.82, 2.24) is 14.9 Å². The maximum absolute atomic E-state index is 4.91. The highest BCUT2D eigenvalue weighted by Gasteiger charge is 1.99. The fraction of sp³-hybridized carbons (Fsp3) is 0.455. The highest BCUT2D eigenvalue weighted by Crippen LogP contribution is 2.06. The molecule has 0 N–H and O–H groups in total. The monoisotopic (exact) mass is 205 g/mol. The number of aromatic nitrogens is 2. The van der Waals surface area contributed by atoms with E-state index in [9.17, 15) is 0 Å². The summed E-state index contributed by atoms with van der Waals surface area (Å²) in [4.78, 5) is 10.2. The van der Waals surface area contributed by atoms with Gasteiger partial charge in [0.25, 0.3) is 0 Å². The van der Waals surface area contributed by atoms with Crippen LogP contribution in [0.4, 0.5) is 0 Å². The average Bonchev–Trinajstić information content (AvgIpc) is 2.20. The zero-order valence-electron chi connectivity index (χ0n) is 9.53. The molecule has 0 aliphatic rings. The predicted octanol–water partition coefficient (Wildman–Crippen LogP) is 0.707. The van der Waals surface area contributed by atoms with E-state index in [1.54, 1.807) is 13.3 Å². The minimum absolute atomic E-state index is 0.380. The molecule has 0 unspecified atom stereocenters. The Morgan fingerprint density at radius 2 is 2.20 bits per heavy atom. The number of rotatable bonds is 2. The molecule has 4 nitrogen and oxygen atoms in total. The lowest BCUT2D eigenvalue weighted by Gasteiger charge is -2.02. The Bertz CT molecular complexity index is 391. The summed E-state index contributed by atoms with van der Waals surface area (Å²) in [5, 5.41) is 0. The lowest BCUT2D eigenvalue weighted by atomic mass is 10.2. The maximum Gasteiger partial charge on any atom is 0.316 e. The molecular formula is C11H15N3O. The molecular weight excluding hydrogens is 190 g/mol. The second-order valence-electron chi connectivity index (χ2n) is 3.40. The quantitative estimate of drug-likeness (QED) is 0.666. The van der Waals surface area contributed by atoms with Gasteiger partial charge in [0.2, 0.25) is 0 Å². The van der Waals surface area contributed by atoms with Crippen LogP contribution >= 0.6 is 0 Å². The smallest absolute Gasteiger partial charge is 0.316 e. The van der Waals surface area contributed by atoms with Crippen molar-refractivity contribution in [3.8, 4) is 17.9 Å². The molecule has 0 saturated heterocycles. The topological polar surface area (TPSA) is 38.2 Å². The van der Waals surface area contributed by atoms with Gasteiger partial charge in [0, 0.05) is 0 Å². The molecule has 1 rings (SSSR count). The molecule has 0 radical (unpaired) electrons. The third kappa shape index (κ3) is 3.56. The summed E-state index contributed by atoms with van der Waals surface area (Å²) >= 11 is 0. The van der Waals surface area contributed by atoms with E-state index in [1.165, 1.54) is 0 Å². The summed E-state index contributed by atoms with van der Waals surface area (Å²) in [7, 11) is 5.50. The molecule has 0 amide bonds. The number of aryl methyl sites for hydroxylation is 1. The van der Waals surface area contributed by atoms with Crippen LogP contribution in [0.1, 0.15) is 11.3 Å². The van der Waals surface area contributed by atoms with Gasteiger partial charge < -0.3 is 4.74 Å². The molecule has 0 fully saturated rings. The van der Waals surface area contributed by atoms with Gasteiger partial charge in [0.15, 0.2) is 0 Å². The molecule has 0 aromatic carbocycles. The minimum atomic E-state index is 0.380. The molecule has 0 saturated carbocycles. The fourth-order valence-corrected chi connectivity index (χ4v) is 0.960. The summed E-state index contributed by atoms with van der Waals surface area (Å²) in [5.74, 6) is 6.06. The summed E-state index contributed by atoms with van der Waals surface area (Å²) in [5.41, 5.74) is 1.69. The summed E-state index contributed by atoms with van der Waals surface area (Å²) in [6.45, 7) is 2.62. The molecule has 4 heteroatoms. The zero-order chi connectivity index (χ0) is 11.3. The van der Waals surface area contributed by atoms with Gasteiger partial charge in [-0.3, -0.25) is 4.90 Å². The zero-order valence-corrected chi connectivity index (χ0v) is 9.53. The Kier molecular flexibility index (Phi) is 4.07. The van der Waals surface area contributed by atoms with Gasteiger partial charge in [0.05, 0.1) is 31.1 Å². The first-order valence-electron chi connectivity index (χ1n) is 4.64. The highest BCUT2D eigenvalue weighted by molar-refractivity contribution is 5.36. The molecule has 1 aromatic rings. The van der Waals surface area contributed by atoms with Crippen LogP contribution in [0, 0.1) is 18.8 Å². The second kappa shape index (κ2) is 5.32. The van der Waals surface area contributed by atoms with Crippen LogP contribution in [0.15, 0.2) is 6.20 Å². The van der Waals surface area contributed by atoms with E-state index in [1.807, 2.05) is 25.9 Å². The van der Waals surface area contributed by atoms with Crippen molar-refractivity contribution < 1.29 is 4.74 Å². The summed E-state index contributed by atoms with van der Waals surface area (Å²) < 4.78 is 4.91. The van der Waals surface area contributed by atoms with E-state index in [2.05, 4.69) is 21.8 Å². The van der Waals surface area contributed by atoms with Gasteiger partial charge in [-0.1, -0.05) is 11.8 Å². The van der Waals surface area contributed by atoms with Crippen LogP contribution in [0.25, 0.3) is 0 Å². The first kappa shape index (κ1) is 11.5. The highest BCUT2D eigenvalue weighted by atomic mass is 16.5. The molecule has 0 aliphatic heterocycles. The van der Waals surface area contributed by atoms with Crippen molar-refractivity contribution in [2.75, 3.05) is 27.7 Å². The molecule has 0 atom stereocenters. The number of methoxy groups -OCH3 is 1. The lowest BCUT2D eigenvalue weighted by Crippen LogP contribution is -2.10. The SMILES string of the molecule is COc1ncc(C#CCN(C)C)c(C)n1. The van der Waals surface area contributed by atoms with Crippen molar-refractivity contribution in [3.63, 3.8) is 0 Å². The van der Waals surface area contributed by atoms with E-state index in [0.29, 0.717) is 6.01 Å². The van der Waals surface area contributed by atoms with Crippen LogP contribution in [0.3, 0.4) is 0 Å². The van der Waals surface area contributed by atoms with Crippen LogP contribution in [-0.4, -0.2) is 42.6 Å². The van der Waals surface area contributed by atoms with E-state index in [-0.39, 0.29) is 0 Å². The predicted molar refractivity (Wildman–Crippen MR) is 58.8 cm³/mol. The number of ether oxygens (including phenoxy) is 1. The molecule has 15 heavy (non-hydrogen) atoms. The first-order chi connectivity index (χ1) is 7.13. The second-order valence-corrected chi connectivity index (χ2v) is 3.40. The van der Waals surface area contributed by atoms with Crippen molar-refractivity contribution in [2.45, 2.75) is 6.92 Å². The van der Waals surface area contributed by atoms with Crippen molar-refractivity contribution in [3.05, 3.63) is 17.5 Å². The van der Waals surface area contributed by atoms with Gasteiger partial charge in [-0.15, -0.1) is 0 Å². The van der Waals surface area contributed by atoms with Gasteiger partial charge in [-0.25, -0.2) is 4.98 Å². The molecule has 0 bridgehead atoms. The van der Waals surface area contributed by atoms with E-state index in [4.69, 9.17) is 4.74 Å². The lowest BCUT2D eigenvalue weighted by molar-refractivity contribution is 0.378. The van der Waals surface area contributed by atoms with E-state index < -0.39 is 0 Å². The summed E-state index contributed by atoms with van der Waals surface area (Å²) in [6.07, 6.45) is 1.68. The summed E-state index contributed by atoms with van der Waals surface area (Å²) in [6, 6.07) is 0.380. The average molecular weight is 205 g/mol. The largest absolute Gasteiger partial charge is 0.467 e. The molecule has 1 aromatic heterocycles. The normalized spacial score (nSPS) is 9.67. The Hall–Kier alpha value is -1.60. The van der Waals surface area contributed by atoms with Crippen LogP contribution in [-0.2, 0) is 0 Å². The Morgan fingerprint density at radius 3 is 2.73 bits per heavy atom. The third-order valence-electron chi connectivity index (χ3n) is 1.76. The van der Waals surface area contributed by atoms with E-state index in [0.717, 1.165) is 17.8 Å². The van der Waals surface area contributed by atoms with Crippen molar-refractivity contribution >= 4 is 0 Å². The Balaban J connectivity index is 2.81. The first-order valence-corrected chi connectivity index (χ1v) is 4.64. The molecule has 1 heterocycles. The Labute approximate surface area is 90.3 Å². The van der Waals surface area contributed by atoms with Crippen LogP contribution < -0.4 is 4.74 Å². The van der Waals surface area contributed by atoms with Gasteiger partial charge in [-0.2, -0.15) is 4.98 Å². The number of nitrogens with zero attached hydrogens (tertiary/aromatic N) is 3. The fourth-order valence-electron chi connectivity index (χ4n) is 0.960. The molecule has 80 valence electrons. The van der Waals surface area contributed by atoms with Crippen molar-refractivity contribution in [1.29, 1.82) is 0 Å². The number of hydrogen-bond donors (Lipinski definition) is 0. The molecule has 0 spiro atoms. The van der Waals surface area contributed by atoms with Gasteiger partial charge in [0.1, 0.15) is 0 Å².